The topological polar surface area (TPSA) is 134 Å². The van der Waals surface area contributed by atoms with E-state index in [9.17, 15) is 30.0 Å². The van der Waals surface area contributed by atoms with Crippen molar-refractivity contribution in [3.8, 4) is 23.0 Å². The Kier molecular flexibility index (Phi) is 13.4. The first-order chi connectivity index (χ1) is 24.7. The maximum absolute atomic E-state index is 13.4. The number of esters is 2. The minimum Gasteiger partial charge on any atom is -0.508 e. The Bertz CT molecular complexity index is 1730. The lowest BCUT2D eigenvalue weighted by Crippen LogP contribution is -2.30. The molecule has 0 aliphatic rings. The van der Waals surface area contributed by atoms with Crippen LogP contribution in [-0.4, -0.2) is 45.6 Å². The molecule has 0 saturated heterocycles. The molecule has 4 aromatic carbocycles. The normalized spacial score (nSPS) is 13.6. The van der Waals surface area contributed by atoms with Crippen LogP contribution in [0.15, 0.2) is 72.8 Å². The molecule has 4 rings (SSSR count). The van der Waals surface area contributed by atoms with Gasteiger partial charge in [0, 0.05) is 10.8 Å². The smallest absolute Gasteiger partial charge is 0.307 e. The van der Waals surface area contributed by atoms with Crippen molar-refractivity contribution in [2.75, 3.05) is 13.2 Å². The molecule has 0 aliphatic heterocycles. The highest BCUT2D eigenvalue weighted by molar-refractivity contribution is 5.74. The van der Waals surface area contributed by atoms with Crippen LogP contribution in [-0.2, 0) is 42.7 Å². The third-order valence-electron chi connectivity index (χ3n) is 10.3. The summed E-state index contributed by atoms with van der Waals surface area (Å²) in [5.74, 6) is -0.233. The Labute approximate surface area is 308 Å². The number of phenols is 4. The number of carbonyl (C=O) groups excluding carboxylic acids is 2. The van der Waals surface area contributed by atoms with Crippen molar-refractivity contribution < 1.29 is 39.5 Å². The lowest BCUT2D eigenvalue weighted by atomic mass is 9.72. The van der Waals surface area contributed by atoms with E-state index in [1.807, 2.05) is 50.2 Å². The van der Waals surface area contributed by atoms with E-state index >= 15 is 0 Å². The van der Waals surface area contributed by atoms with E-state index in [-0.39, 0.29) is 49.1 Å². The lowest BCUT2D eigenvalue weighted by Gasteiger charge is -2.31. The number of aromatic hydroxyl groups is 4. The van der Waals surface area contributed by atoms with Gasteiger partial charge in [-0.05, 0) is 108 Å². The van der Waals surface area contributed by atoms with Crippen LogP contribution in [0.3, 0.4) is 0 Å². The standard InChI is InChI=1S/C44H54O8/c1-7-9-11-31-25-35(15-19-39(31)47)43(5,33-13-17-37(45)29(3)23-33)27-41(49)51-21-22-52-42(50)28-44(6,34-14-18-38(46)30(4)24-34)36-16-20-40(48)32(26-36)12-10-8-2/h13-20,23-26,45-48H,7-12,21-22,27-28H2,1-6H3. The largest absolute Gasteiger partial charge is 0.508 e. The van der Waals surface area contributed by atoms with Crippen LogP contribution in [0.2, 0.25) is 0 Å². The maximum atomic E-state index is 13.4. The second-order valence-corrected chi connectivity index (χ2v) is 14.4. The van der Waals surface area contributed by atoms with E-state index in [1.54, 1.807) is 50.2 Å². The van der Waals surface area contributed by atoms with Crippen molar-refractivity contribution >= 4 is 11.9 Å². The van der Waals surface area contributed by atoms with Gasteiger partial charge in [0.1, 0.15) is 36.2 Å². The first kappa shape index (κ1) is 39.8. The molecule has 4 aromatic rings. The van der Waals surface area contributed by atoms with Gasteiger partial charge in [0.2, 0.25) is 0 Å². The van der Waals surface area contributed by atoms with Crippen LogP contribution in [0.5, 0.6) is 23.0 Å². The maximum Gasteiger partial charge on any atom is 0.307 e. The van der Waals surface area contributed by atoms with Gasteiger partial charge in [-0.3, -0.25) is 9.59 Å². The highest BCUT2D eigenvalue weighted by atomic mass is 16.6. The first-order valence-corrected chi connectivity index (χ1v) is 18.3. The summed E-state index contributed by atoms with van der Waals surface area (Å²) < 4.78 is 11.3. The van der Waals surface area contributed by atoms with Crippen LogP contribution in [0.1, 0.15) is 111 Å². The predicted molar refractivity (Wildman–Crippen MR) is 203 cm³/mol. The molecule has 0 radical (unpaired) electrons. The molecule has 8 nitrogen and oxygen atoms in total. The van der Waals surface area contributed by atoms with Crippen molar-refractivity contribution in [1.29, 1.82) is 0 Å². The third kappa shape index (κ3) is 9.46. The Hall–Kier alpha value is -4.98. The van der Waals surface area contributed by atoms with E-state index in [2.05, 4.69) is 13.8 Å². The number of benzene rings is 4. The zero-order valence-electron chi connectivity index (χ0n) is 31.4. The van der Waals surface area contributed by atoms with Crippen LogP contribution >= 0.6 is 0 Å². The zero-order chi connectivity index (χ0) is 38.1. The Morgan fingerprint density at radius 2 is 0.865 bits per heavy atom. The van der Waals surface area contributed by atoms with E-state index < -0.39 is 22.8 Å². The number of hydrogen-bond donors (Lipinski definition) is 4. The van der Waals surface area contributed by atoms with Gasteiger partial charge in [0.25, 0.3) is 0 Å². The summed E-state index contributed by atoms with van der Waals surface area (Å²) in [7, 11) is 0. The fraction of sp³-hybridized carbons (Fsp3) is 0.409. The molecule has 278 valence electrons. The van der Waals surface area contributed by atoms with Crippen molar-refractivity contribution in [1.82, 2.24) is 0 Å². The highest BCUT2D eigenvalue weighted by Gasteiger charge is 2.35. The average molecular weight is 711 g/mol. The van der Waals surface area contributed by atoms with Crippen LogP contribution < -0.4 is 0 Å². The van der Waals surface area contributed by atoms with Crippen LogP contribution in [0, 0.1) is 13.8 Å². The molecule has 0 amide bonds. The van der Waals surface area contributed by atoms with Crippen molar-refractivity contribution in [2.45, 2.75) is 104 Å². The lowest BCUT2D eigenvalue weighted by molar-refractivity contribution is -0.153. The number of rotatable bonds is 17. The van der Waals surface area contributed by atoms with Crippen molar-refractivity contribution in [2.24, 2.45) is 0 Å². The Balaban J connectivity index is 1.49. The molecule has 0 bridgehead atoms. The fourth-order valence-corrected chi connectivity index (χ4v) is 6.72. The van der Waals surface area contributed by atoms with Crippen LogP contribution in [0.4, 0.5) is 0 Å². The number of hydrogen-bond acceptors (Lipinski definition) is 8. The molecule has 8 heteroatoms. The first-order valence-electron chi connectivity index (χ1n) is 18.3. The second-order valence-electron chi connectivity index (χ2n) is 14.4. The molecule has 0 spiro atoms. The summed E-state index contributed by atoms with van der Waals surface area (Å²) in [4.78, 5) is 26.8. The van der Waals surface area contributed by atoms with Gasteiger partial charge in [0.05, 0.1) is 12.8 Å². The average Bonchev–Trinajstić information content (AvgIpc) is 3.11. The van der Waals surface area contributed by atoms with Gasteiger partial charge in [-0.25, -0.2) is 0 Å². The summed E-state index contributed by atoms with van der Waals surface area (Å²) in [5.41, 5.74) is 4.57. The minimum atomic E-state index is -0.842. The Morgan fingerprint density at radius 1 is 0.538 bits per heavy atom. The van der Waals surface area contributed by atoms with Gasteiger partial charge >= 0.3 is 11.9 Å². The van der Waals surface area contributed by atoms with Gasteiger partial charge in [-0.15, -0.1) is 0 Å². The van der Waals surface area contributed by atoms with E-state index in [4.69, 9.17) is 9.47 Å². The monoisotopic (exact) mass is 710 g/mol. The molecule has 0 aromatic heterocycles. The molecular weight excluding hydrogens is 656 g/mol. The summed E-state index contributed by atoms with van der Waals surface area (Å²) >= 11 is 0. The SMILES string of the molecule is CCCCc1cc(C(C)(CC(=O)OCCOC(=O)CC(C)(c2ccc(O)c(C)c2)c2ccc(O)c(CCCC)c2)c2ccc(O)c(C)c2)ccc1O. The second kappa shape index (κ2) is 17.5. The fourth-order valence-electron chi connectivity index (χ4n) is 6.72. The Morgan fingerprint density at radius 3 is 1.19 bits per heavy atom. The molecule has 0 aliphatic carbocycles. The molecule has 52 heavy (non-hydrogen) atoms. The van der Waals surface area contributed by atoms with Crippen LogP contribution in [0.25, 0.3) is 0 Å². The van der Waals surface area contributed by atoms with E-state index in [1.165, 1.54) is 0 Å². The molecule has 2 atom stereocenters. The number of aryl methyl sites for hydroxylation is 4. The molecular formula is C44H54O8. The number of carbonyl (C=O) groups is 2. The number of phenolic OH excluding ortho intramolecular Hbond substituents is 4. The molecule has 0 saturated carbocycles. The van der Waals surface area contributed by atoms with E-state index in [0.717, 1.165) is 59.1 Å². The molecule has 0 heterocycles. The minimum absolute atomic E-state index is 0.0252. The number of ether oxygens (including phenoxy) is 2. The summed E-state index contributed by atoms with van der Waals surface area (Å²) in [6, 6.07) is 21.4. The van der Waals surface area contributed by atoms with Crippen molar-refractivity contribution in [3.05, 3.63) is 117 Å². The van der Waals surface area contributed by atoms with E-state index in [0.29, 0.717) is 24.0 Å². The quantitative estimate of drug-likeness (QED) is 0.0631. The van der Waals surface area contributed by atoms with Gasteiger partial charge in [0.15, 0.2) is 0 Å². The summed E-state index contributed by atoms with van der Waals surface area (Å²) in [6.45, 7) is 11.4. The predicted octanol–water partition coefficient (Wildman–Crippen LogP) is 8.99. The molecule has 0 fully saturated rings. The number of unbranched alkanes of at least 4 members (excludes halogenated alkanes) is 2. The van der Waals surface area contributed by atoms with Gasteiger partial charge in [-0.2, -0.15) is 0 Å². The molecule has 4 N–H and O–H groups in total. The summed E-state index contributed by atoms with van der Waals surface area (Å²) in [6.07, 6.45) is 5.13. The zero-order valence-corrected chi connectivity index (χ0v) is 31.4. The van der Waals surface area contributed by atoms with Crippen molar-refractivity contribution in [3.63, 3.8) is 0 Å². The highest BCUT2D eigenvalue weighted by Crippen LogP contribution is 2.41. The van der Waals surface area contributed by atoms with Gasteiger partial charge < -0.3 is 29.9 Å². The summed E-state index contributed by atoms with van der Waals surface area (Å²) in [5, 5.41) is 41.5. The van der Waals surface area contributed by atoms with Gasteiger partial charge in [-0.1, -0.05) is 89.1 Å². The molecule has 2 unspecified atom stereocenters. The third-order valence-corrected chi connectivity index (χ3v) is 10.3.